The highest BCUT2D eigenvalue weighted by Gasteiger charge is 2.22. The quantitative estimate of drug-likeness (QED) is 0.685. The highest BCUT2D eigenvalue weighted by atomic mass is 15.2. The zero-order chi connectivity index (χ0) is 19.3. The minimum absolute atomic E-state index is 0.426. The number of rotatable bonds is 6. The van der Waals surface area contributed by atoms with Gasteiger partial charge in [-0.15, -0.1) is 0 Å². The van der Waals surface area contributed by atoms with Crippen molar-refractivity contribution < 1.29 is 0 Å². The number of hydrogen-bond acceptors (Lipinski definition) is 6. The van der Waals surface area contributed by atoms with E-state index >= 15 is 0 Å². The molecule has 1 fully saturated rings. The Morgan fingerprint density at radius 2 is 1.64 bits per heavy atom. The second-order valence-electron chi connectivity index (χ2n) is 7.71. The molecule has 146 valence electrons. The van der Waals surface area contributed by atoms with E-state index in [4.69, 9.17) is 9.97 Å². The van der Waals surface area contributed by atoms with Crippen molar-refractivity contribution in [3.8, 4) is 0 Å². The summed E-state index contributed by atoms with van der Waals surface area (Å²) < 4.78 is 0. The van der Waals surface area contributed by atoms with E-state index in [1.807, 2.05) is 38.6 Å². The molecule has 4 rings (SSSR count). The molecule has 0 saturated heterocycles. The van der Waals surface area contributed by atoms with Crippen molar-refractivity contribution in [2.75, 3.05) is 24.3 Å². The van der Waals surface area contributed by atoms with Gasteiger partial charge in [-0.25, -0.2) is 4.98 Å². The molecule has 0 radical (unpaired) electrons. The number of anilines is 2. The van der Waals surface area contributed by atoms with Gasteiger partial charge in [-0.1, -0.05) is 12.1 Å². The van der Waals surface area contributed by atoms with Gasteiger partial charge in [-0.2, -0.15) is 4.98 Å². The number of pyridine rings is 1. The standard InChI is InChI=1S/C22H28N6/c1-28(2)21-19-5-3-4-6-20(19)26-22(27-21)25-18-9-7-17(8-10-18)24-15-16-11-13-23-14-12-16/h3-6,11-14,17-18,24H,7-10,15H2,1-2H3,(H,25,26,27). The summed E-state index contributed by atoms with van der Waals surface area (Å²) in [5.41, 5.74) is 2.27. The van der Waals surface area contributed by atoms with Crippen LogP contribution in [0.3, 0.4) is 0 Å². The summed E-state index contributed by atoms with van der Waals surface area (Å²) in [6, 6.07) is 13.3. The largest absolute Gasteiger partial charge is 0.362 e. The van der Waals surface area contributed by atoms with Gasteiger partial charge in [0, 0.05) is 50.5 Å². The van der Waals surface area contributed by atoms with E-state index in [2.05, 4.69) is 44.8 Å². The minimum Gasteiger partial charge on any atom is -0.362 e. The maximum atomic E-state index is 4.77. The maximum absolute atomic E-state index is 4.77. The second kappa shape index (κ2) is 8.52. The van der Waals surface area contributed by atoms with Crippen LogP contribution in [0.1, 0.15) is 31.2 Å². The first-order valence-electron chi connectivity index (χ1n) is 10.0. The van der Waals surface area contributed by atoms with Crippen molar-refractivity contribution >= 4 is 22.7 Å². The van der Waals surface area contributed by atoms with Gasteiger partial charge in [0.2, 0.25) is 5.95 Å². The fourth-order valence-electron chi connectivity index (χ4n) is 3.85. The molecule has 1 aromatic carbocycles. The third kappa shape index (κ3) is 4.39. The summed E-state index contributed by atoms with van der Waals surface area (Å²) >= 11 is 0. The Kier molecular flexibility index (Phi) is 5.67. The van der Waals surface area contributed by atoms with Gasteiger partial charge >= 0.3 is 0 Å². The first kappa shape index (κ1) is 18.6. The predicted octanol–water partition coefficient (Wildman–Crippen LogP) is 3.60. The van der Waals surface area contributed by atoms with Crippen LogP contribution in [-0.4, -0.2) is 41.1 Å². The van der Waals surface area contributed by atoms with Crippen LogP contribution in [0.4, 0.5) is 11.8 Å². The van der Waals surface area contributed by atoms with E-state index < -0.39 is 0 Å². The summed E-state index contributed by atoms with van der Waals surface area (Å²) in [6.07, 6.45) is 8.28. The Labute approximate surface area is 166 Å². The number of nitrogens with zero attached hydrogens (tertiary/aromatic N) is 4. The Morgan fingerprint density at radius 1 is 0.929 bits per heavy atom. The van der Waals surface area contributed by atoms with Crippen LogP contribution >= 0.6 is 0 Å². The van der Waals surface area contributed by atoms with Crippen molar-refractivity contribution in [3.05, 3.63) is 54.4 Å². The highest BCUT2D eigenvalue weighted by molar-refractivity contribution is 5.90. The van der Waals surface area contributed by atoms with E-state index in [-0.39, 0.29) is 0 Å². The van der Waals surface area contributed by atoms with Gasteiger partial charge < -0.3 is 15.5 Å². The zero-order valence-corrected chi connectivity index (χ0v) is 16.6. The zero-order valence-electron chi connectivity index (χ0n) is 16.6. The topological polar surface area (TPSA) is 66.0 Å². The molecular weight excluding hydrogens is 348 g/mol. The van der Waals surface area contributed by atoms with Gasteiger partial charge in [0.1, 0.15) is 5.82 Å². The second-order valence-corrected chi connectivity index (χ2v) is 7.71. The molecule has 6 heteroatoms. The Hall–Kier alpha value is -2.73. The SMILES string of the molecule is CN(C)c1nc(NC2CCC(NCc3ccncc3)CC2)nc2ccccc12. The molecule has 0 amide bonds. The van der Waals surface area contributed by atoms with Crippen molar-refractivity contribution in [2.45, 2.75) is 44.3 Å². The summed E-state index contributed by atoms with van der Waals surface area (Å²) in [7, 11) is 4.05. The number of nitrogens with one attached hydrogen (secondary N) is 2. The van der Waals surface area contributed by atoms with Gasteiger partial charge in [0.15, 0.2) is 0 Å². The average molecular weight is 377 g/mol. The van der Waals surface area contributed by atoms with Crippen molar-refractivity contribution in [1.82, 2.24) is 20.3 Å². The average Bonchev–Trinajstić information content (AvgIpc) is 2.73. The molecule has 2 heterocycles. The van der Waals surface area contributed by atoms with E-state index in [9.17, 15) is 0 Å². The number of aromatic nitrogens is 3. The molecule has 28 heavy (non-hydrogen) atoms. The molecule has 0 spiro atoms. The van der Waals surface area contributed by atoms with Crippen LogP contribution in [0.15, 0.2) is 48.8 Å². The molecule has 2 N–H and O–H groups in total. The monoisotopic (exact) mass is 376 g/mol. The summed E-state index contributed by atoms with van der Waals surface area (Å²) in [5.74, 6) is 1.69. The molecule has 0 bridgehead atoms. The van der Waals surface area contributed by atoms with Crippen molar-refractivity contribution in [3.63, 3.8) is 0 Å². The van der Waals surface area contributed by atoms with Crippen LogP contribution in [0.2, 0.25) is 0 Å². The van der Waals surface area contributed by atoms with Crippen LogP contribution in [0.5, 0.6) is 0 Å². The third-order valence-electron chi connectivity index (χ3n) is 5.41. The highest BCUT2D eigenvalue weighted by Crippen LogP contribution is 2.26. The van der Waals surface area contributed by atoms with Crippen LogP contribution in [0.25, 0.3) is 10.9 Å². The first-order chi connectivity index (χ1) is 13.7. The van der Waals surface area contributed by atoms with Crippen LogP contribution in [0, 0.1) is 0 Å². The molecule has 0 unspecified atom stereocenters. The molecule has 1 aliphatic rings. The lowest BCUT2D eigenvalue weighted by molar-refractivity contribution is 0.352. The summed E-state index contributed by atoms with van der Waals surface area (Å²) in [4.78, 5) is 15.6. The van der Waals surface area contributed by atoms with E-state index in [0.29, 0.717) is 12.1 Å². The van der Waals surface area contributed by atoms with Gasteiger partial charge in [-0.05, 0) is 55.5 Å². The first-order valence-corrected chi connectivity index (χ1v) is 10.0. The molecule has 1 aliphatic carbocycles. The van der Waals surface area contributed by atoms with Gasteiger partial charge in [-0.3, -0.25) is 4.98 Å². The fraction of sp³-hybridized carbons (Fsp3) is 0.409. The summed E-state index contributed by atoms with van der Waals surface area (Å²) in [6.45, 7) is 0.908. The summed E-state index contributed by atoms with van der Waals surface area (Å²) in [5, 5.41) is 8.34. The number of fused-ring (bicyclic) bond motifs is 1. The van der Waals surface area contributed by atoms with E-state index in [1.165, 1.54) is 5.56 Å². The Morgan fingerprint density at radius 3 is 2.39 bits per heavy atom. The molecule has 3 aromatic rings. The molecular formula is C22H28N6. The molecule has 6 nitrogen and oxygen atoms in total. The minimum atomic E-state index is 0.426. The lowest BCUT2D eigenvalue weighted by Crippen LogP contribution is -2.37. The molecule has 1 saturated carbocycles. The fourth-order valence-corrected chi connectivity index (χ4v) is 3.85. The van der Waals surface area contributed by atoms with Crippen LogP contribution < -0.4 is 15.5 Å². The lowest BCUT2D eigenvalue weighted by atomic mass is 9.91. The Balaban J connectivity index is 1.36. The molecule has 2 aromatic heterocycles. The van der Waals surface area contributed by atoms with E-state index in [0.717, 1.165) is 54.9 Å². The lowest BCUT2D eigenvalue weighted by Gasteiger charge is -2.30. The third-order valence-corrected chi connectivity index (χ3v) is 5.41. The maximum Gasteiger partial charge on any atom is 0.225 e. The molecule has 0 atom stereocenters. The van der Waals surface area contributed by atoms with Crippen LogP contribution in [-0.2, 0) is 6.54 Å². The Bertz CT molecular complexity index is 903. The van der Waals surface area contributed by atoms with Gasteiger partial charge in [0.05, 0.1) is 5.52 Å². The molecule has 0 aliphatic heterocycles. The van der Waals surface area contributed by atoms with E-state index in [1.54, 1.807) is 0 Å². The normalized spacial score (nSPS) is 19.5. The van der Waals surface area contributed by atoms with Crippen molar-refractivity contribution in [2.24, 2.45) is 0 Å². The smallest absolute Gasteiger partial charge is 0.225 e. The number of para-hydroxylation sites is 1. The number of benzene rings is 1. The van der Waals surface area contributed by atoms with Crippen molar-refractivity contribution in [1.29, 1.82) is 0 Å². The number of hydrogen-bond donors (Lipinski definition) is 2. The van der Waals surface area contributed by atoms with Gasteiger partial charge in [0.25, 0.3) is 0 Å². The predicted molar refractivity (Wildman–Crippen MR) is 115 cm³/mol.